The highest BCUT2D eigenvalue weighted by Crippen LogP contribution is 2.35. The maximum atomic E-state index is 2.37. The fourth-order valence-electron chi connectivity index (χ4n) is 2.91. The number of benzene rings is 2. The minimum atomic E-state index is 0.557. The standard InChI is InChI=1S/C21H23/c1-14(2)17-11-18(15(3)4)13-19(12-17)21-10-6-8-16-7-5-9-20(16)21/h5-15H,1-4H3. The number of hydrogen-bond donors (Lipinski definition) is 0. The molecule has 1 aliphatic carbocycles. The summed E-state index contributed by atoms with van der Waals surface area (Å²) in [5.74, 6) is 1.11. The van der Waals surface area contributed by atoms with Crippen LogP contribution in [-0.2, 0) is 0 Å². The van der Waals surface area contributed by atoms with Gasteiger partial charge in [0.25, 0.3) is 0 Å². The summed E-state index contributed by atoms with van der Waals surface area (Å²) < 4.78 is 0. The van der Waals surface area contributed by atoms with Crippen LogP contribution >= 0.6 is 0 Å². The van der Waals surface area contributed by atoms with Crippen LogP contribution in [0.1, 0.15) is 61.8 Å². The normalized spacial score (nSPS) is 13.2. The van der Waals surface area contributed by atoms with Gasteiger partial charge in [-0.2, -0.15) is 0 Å². The smallest absolute Gasteiger partial charge is 0.0131 e. The largest absolute Gasteiger partial charge is 0.0754 e. The second-order valence-electron chi connectivity index (χ2n) is 6.53. The predicted molar refractivity (Wildman–Crippen MR) is 92.5 cm³/mol. The third-order valence-corrected chi connectivity index (χ3v) is 4.30. The summed E-state index contributed by atoms with van der Waals surface area (Å²) >= 11 is 0. The van der Waals surface area contributed by atoms with Gasteiger partial charge in [0.1, 0.15) is 0 Å². The van der Waals surface area contributed by atoms with E-state index in [1.54, 1.807) is 0 Å². The molecule has 0 aromatic heterocycles. The summed E-state index contributed by atoms with van der Waals surface area (Å²) in [5.41, 5.74) is 8.24. The Balaban J connectivity index is 2.18. The van der Waals surface area contributed by atoms with Gasteiger partial charge in [0.15, 0.2) is 0 Å². The fourth-order valence-corrected chi connectivity index (χ4v) is 2.91. The molecule has 0 N–H and O–H groups in total. The lowest BCUT2D eigenvalue weighted by Gasteiger charge is -2.16. The molecule has 0 heteroatoms. The third kappa shape index (κ3) is 2.68. The van der Waals surface area contributed by atoms with Crippen LogP contribution in [0, 0.1) is 6.42 Å². The molecule has 0 heterocycles. The molecule has 107 valence electrons. The van der Waals surface area contributed by atoms with Crippen molar-refractivity contribution in [2.24, 2.45) is 0 Å². The van der Waals surface area contributed by atoms with Crippen molar-refractivity contribution in [2.45, 2.75) is 39.5 Å². The summed E-state index contributed by atoms with van der Waals surface area (Å²) in [5, 5.41) is 0. The average Bonchev–Trinajstić information content (AvgIpc) is 2.94. The molecule has 0 spiro atoms. The second-order valence-corrected chi connectivity index (χ2v) is 6.53. The molecule has 1 radical (unpaired) electrons. The van der Waals surface area contributed by atoms with Gasteiger partial charge in [-0.15, -0.1) is 0 Å². The van der Waals surface area contributed by atoms with Gasteiger partial charge < -0.3 is 0 Å². The van der Waals surface area contributed by atoms with Crippen molar-refractivity contribution in [1.82, 2.24) is 0 Å². The van der Waals surface area contributed by atoms with E-state index in [1.165, 1.54) is 33.4 Å². The van der Waals surface area contributed by atoms with E-state index < -0.39 is 0 Å². The van der Waals surface area contributed by atoms with Crippen LogP contribution < -0.4 is 0 Å². The van der Waals surface area contributed by atoms with E-state index in [-0.39, 0.29) is 0 Å². The highest BCUT2D eigenvalue weighted by Gasteiger charge is 2.14. The van der Waals surface area contributed by atoms with Gasteiger partial charge in [0.05, 0.1) is 0 Å². The first kappa shape index (κ1) is 14.1. The molecule has 2 aromatic carbocycles. The van der Waals surface area contributed by atoms with E-state index in [1.807, 2.05) is 0 Å². The summed E-state index contributed by atoms with van der Waals surface area (Å²) in [6.45, 7) is 9.08. The molecule has 0 saturated heterocycles. The Bertz CT molecular complexity index is 661. The van der Waals surface area contributed by atoms with E-state index in [2.05, 4.69) is 82.7 Å². The second kappa shape index (κ2) is 5.52. The molecular weight excluding hydrogens is 252 g/mol. The molecule has 0 nitrogen and oxygen atoms in total. The summed E-state index contributed by atoms with van der Waals surface area (Å²) in [7, 11) is 0. The maximum absolute atomic E-state index is 2.37. The molecular formula is C21H23. The van der Waals surface area contributed by atoms with Crippen LogP contribution in [-0.4, -0.2) is 0 Å². The van der Waals surface area contributed by atoms with Crippen LogP contribution in [0.15, 0.2) is 42.5 Å². The molecule has 0 bridgehead atoms. The van der Waals surface area contributed by atoms with Crippen LogP contribution in [0.4, 0.5) is 0 Å². The maximum Gasteiger partial charge on any atom is 0.0131 e. The highest BCUT2D eigenvalue weighted by molar-refractivity contribution is 5.82. The van der Waals surface area contributed by atoms with Gasteiger partial charge in [0, 0.05) is 6.42 Å². The quantitative estimate of drug-likeness (QED) is 0.627. The third-order valence-electron chi connectivity index (χ3n) is 4.30. The van der Waals surface area contributed by atoms with Crippen molar-refractivity contribution in [3.63, 3.8) is 0 Å². The lowest BCUT2D eigenvalue weighted by atomic mass is 9.89. The molecule has 3 rings (SSSR count). The van der Waals surface area contributed by atoms with Crippen molar-refractivity contribution < 1.29 is 0 Å². The van der Waals surface area contributed by atoms with Gasteiger partial charge >= 0.3 is 0 Å². The Morgan fingerprint density at radius 3 is 2.10 bits per heavy atom. The van der Waals surface area contributed by atoms with E-state index in [4.69, 9.17) is 0 Å². The summed E-state index contributed by atoms with van der Waals surface area (Å²) in [6, 6.07) is 13.7. The topological polar surface area (TPSA) is 0 Å². The molecule has 0 aliphatic heterocycles. The van der Waals surface area contributed by atoms with E-state index in [0.29, 0.717) is 11.8 Å². The van der Waals surface area contributed by atoms with Crippen LogP contribution in [0.25, 0.3) is 17.2 Å². The van der Waals surface area contributed by atoms with Crippen molar-refractivity contribution in [2.75, 3.05) is 0 Å². The first-order valence-electron chi connectivity index (χ1n) is 7.86. The lowest BCUT2D eigenvalue weighted by molar-refractivity contribution is 0.834. The Labute approximate surface area is 128 Å². The monoisotopic (exact) mass is 275 g/mol. The predicted octanol–water partition coefficient (Wildman–Crippen LogP) is 6.18. The molecule has 1 aliphatic rings. The Morgan fingerprint density at radius 1 is 0.810 bits per heavy atom. The molecule has 0 saturated carbocycles. The minimum Gasteiger partial charge on any atom is -0.0754 e. The van der Waals surface area contributed by atoms with Crippen LogP contribution in [0.3, 0.4) is 0 Å². The molecule has 0 fully saturated rings. The fraction of sp³-hybridized carbons (Fsp3) is 0.286. The molecule has 0 atom stereocenters. The summed E-state index contributed by atoms with van der Waals surface area (Å²) in [6.07, 6.45) is 6.56. The number of hydrogen-bond acceptors (Lipinski definition) is 0. The summed E-state index contributed by atoms with van der Waals surface area (Å²) in [4.78, 5) is 0. The van der Waals surface area contributed by atoms with Crippen molar-refractivity contribution in [3.8, 4) is 11.1 Å². The molecule has 2 aromatic rings. The Morgan fingerprint density at radius 2 is 1.48 bits per heavy atom. The Hall–Kier alpha value is -1.82. The minimum absolute atomic E-state index is 0.557. The van der Waals surface area contributed by atoms with Gasteiger partial charge in [-0.05, 0) is 45.2 Å². The Kier molecular flexibility index (Phi) is 3.71. The van der Waals surface area contributed by atoms with Gasteiger partial charge in [-0.3, -0.25) is 0 Å². The van der Waals surface area contributed by atoms with Gasteiger partial charge in [0.2, 0.25) is 0 Å². The van der Waals surface area contributed by atoms with Crippen LogP contribution in [0.2, 0.25) is 0 Å². The zero-order chi connectivity index (χ0) is 15.0. The molecule has 0 unspecified atom stereocenters. The van der Waals surface area contributed by atoms with Gasteiger partial charge in [-0.1, -0.05) is 76.2 Å². The molecule has 21 heavy (non-hydrogen) atoms. The number of fused-ring (bicyclic) bond motifs is 1. The zero-order valence-corrected chi connectivity index (χ0v) is 13.4. The SMILES string of the molecule is CC(C)c1cc(-c2cccc3c2C=C[CH]3)cc(C(C)C)c1. The number of rotatable bonds is 3. The van der Waals surface area contributed by atoms with E-state index >= 15 is 0 Å². The van der Waals surface area contributed by atoms with E-state index in [0.717, 1.165) is 0 Å². The van der Waals surface area contributed by atoms with E-state index in [9.17, 15) is 0 Å². The van der Waals surface area contributed by atoms with Crippen LogP contribution in [0.5, 0.6) is 0 Å². The van der Waals surface area contributed by atoms with Crippen molar-refractivity contribution >= 4 is 6.08 Å². The van der Waals surface area contributed by atoms with Crippen molar-refractivity contribution in [1.29, 1.82) is 0 Å². The van der Waals surface area contributed by atoms with Crippen molar-refractivity contribution in [3.05, 3.63) is 71.1 Å². The molecule has 0 amide bonds. The average molecular weight is 275 g/mol. The zero-order valence-electron chi connectivity index (χ0n) is 13.4. The highest BCUT2D eigenvalue weighted by atomic mass is 14.2. The first-order valence-corrected chi connectivity index (χ1v) is 7.86. The lowest BCUT2D eigenvalue weighted by Crippen LogP contribution is -1.96. The first-order chi connectivity index (χ1) is 10.1. The number of allylic oxidation sites excluding steroid dienone is 1. The van der Waals surface area contributed by atoms with Gasteiger partial charge in [-0.25, -0.2) is 0 Å².